The number of phenols is 1. The second-order valence-electron chi connectivity index (χ2n) is 15.5. The number of unbranched alkanes of at least 4 members (excludes halogenated alkanes) is 1. The summed E-state index contributed by atoms with van der Waals surface area (Å²) in [6.07, 6.45) is 20.4. The number of aromatic hydroxyl groups is 1. The Kier molecular flexibility index (Phi) is 12.4. The van der Waals surface area contributed by atoms with Crippen molar-refractivity contribution < 1.29 is 24.8 Å². The summed E-state index contributed by atoms with van der Waals surface area (Å²) in [7, 11) is 0. The maximum absolute atomic E-state index is 10.8. The van der Waals surface area contributed by atoms with Crippen molar-refractivity contribution in [3.05, 3.63) is 59.2 Å². The number of allylic oxidation sites excluding steroid dienone is 1. The van der Waals surface area contributed by atoms with E-state index in [0.717, 1.165) is 80.5 Å². The summed E-state index contributed by atoms with van der Waals surface area (Å²) in [6.45, 7) is 8.87. The van der Waals surface area contributed by atoms with E-state index in [0.29, 0.717) is 36.2 Å². The average Bonchev–Trinajstić information content (AvgIpc) is 3.90. The molecule has 49 heavy (non-hydrogen) atoms. The Morgan fingerprint density at radius 1 is 1.18 bits per heavy atom. The largest absolute Gasteiger partial charge is 0.504 e. The molecule has 0 saturated heterocycles. The fourth-order valence-electron chi connectivity index (χ4n) is 9.73. The van der Waals surface area contributed by atoms with Crippen LogP contribution in [0.25, 0.3) is 0 Å². The highest BCUT2D eigenvalue weighted by Crippen LogP contribution is 2.61. The first-order chi connectivity index (χ1) is 23.8. The number of aliphatic imine (C=N–C) groups is 1. The minimum Gasteiger partial charge on any atom is -0.504 e. The zero-order valence-corrected chi connectivity index (χ0v) is 30.2. The van der Waals surface area contributed by atoms with Gasteiger partial charge in [-0.05, 0) is 93.4 Å². The Morgan fingerprint density at radius 2 is 2.02 bits per heavy atom. The predicted octanol–water partition coefficient (Wildman–Crippen LogP) is 6.11. The van der Waals surface area contributed by atoms with Gasteiger partial charge in [0.2, 0.25) is 0 Å². The average molecular weight is 677 g/mol. The lowest BCUT2D eigenvalue weighted by atomic mass is 9.66. The van der Waals surface area contributed by atoms with Crippen molar-refractivity contribution in [2.75, 3.05) is 32.8 Å². The van der Waals surface area contributed by atoms with Gasteiger partial charge in [0.25, 0.3) is 0 Å². The van der Waals surface area contributed by atoms with Crippen molar-refractivity contribution in [2.45, 2.75) is 122 Å². The molecule has 0 aromatic heterocycles. The van der Waals surface area contributed by atoms with E-state index in [-0.39, 0.29) is 30.6 Å². The SMILES string of the molecule is CCCCC1[OH+][C-](CCc2ccc(O)c(OC[C@H](NCC)C3=C[C+]4C(=N3)CC3(CCCC3)[C@@H]3CCC[C@@H]3[C@@H]4CNC[C@H](C)O)c2)C=C1CO. The normalized spacial score (nSPS) is 27.1. The van der Waals surface area contributed by atoms with Crippen LogP contribution < -0.4 is 15.4 Å². The number of ether oxygens (including phenoxy) is 2. The molecule has 1 aromatic rings. The maximum Gasteiger partial charge on any atom is 0.196 e. The number of aliphatic hydroxyl groups excluding tert-OH is 2. The molecule has 2 heterocycles. The topological polar surface area (TPSA) is 119 Å². The molecule has 8 heteroatoms. The zero-order valence-electron chi connectivity index (χ0n) is 30.2. The van der Waals surface area contributed by atoms with Gasteiger partial charge in [0.1, 0.15) is 30.4 Å². The molecule has 270 valence electrons. The van der Waals surface area contributed by atoms with Crippen LogP contribution in [0.5, 0.6) is 11.5 Å². The Bertz CT molecular complexity index is 1330. The monoisotopic (exact) mass is 676 g/mol. The van der Waals surface area contributed by atoms with E-state index < -0.39 is 0 Å². The summed E-state index contributed by atoms with van der Waals surface area (Å²) >= 11 is 0. The quantitative estimate of drug-likeness (QED) is 0.100. The van der Waals surface area contributed by atoms with Gasteiger partial charge in [0.15, 0.2) is 23.2 Å². The third-order valence-corrected chi connectivity index (χ3v) is 12.1. The van der Waals surface area contributed by atoms with Crippen LogP contribution in [-0.2, 0) is 6.42 Å². The lowest BCUT2D eigenvalue weighted by Crippen LogP contribution is -2.38. The van der Waals surface area contributed by atoms with Crippen LogP contribution in [0.4, 0.5) is 0 Å². The molecule has 1 spiro atoms. The molecule has 5 aliphatic rings. The number of nitrogens with zero attached hydrogens (tertiary/aromatic N) is 1. The Labute approximate surface area is 294 Å². The second kappa shape index (κ2) is 16.7. The maximum atomic E-state index is 10.8. The molecular formula is C41H62N3O5+. The first kappa shape index (κ1) is 36.3. The Balaban J connectivity index is 1.15. The number of nitrogens with one attached hydrogen (secondary N) is 2. The number of phenolic OH excluding ortho intramolecular Hbond substituents is 1. The molecule has 1 aromatic carbocycles. The molecule has 3 saturated carbocycles. The van der Waals surface area contributed by atoms with E-state index in [9.17, 15) is 15.3 Å². The van der Waals surface area contributed by atoms with Gasteiger partial charge in [0, 0.05) is 32.5 Å². The highest BCUT2D eigenvalue weighted by atomic mass is 16.5. The van der Waals surface area contributed by atoms with Crippen molar-refractivity contribution >= 4 is 5.71 Å². The number of hydrogen-bond donors (Lipinski definition) is 5. The minimum absolute atomic E-state index is 0.0648. The smallest absolute Gasteiger partial charge is 0.196 e. The summed E-state index contributed by atoms with van der Waals surface area (Å²) in [5.41, 5.74) is 4.81. The van der Waals surface area contributed by atoms with Gasteiger partial charge in [-0.1, -0.05) is 45.6 Å². The van der Waals surface area contributed by atoms with E-state index in [1.54, 1.807) is 6.07 Å². The summed E-state index contributed by atoms with van der Waals surface area (Å²) in [4.78, 5) is 5.41. The van der Waals surface area contributed by atoms with Gasteiger partial charge in [-0.15, -0.1) is 16.6 Å². The molecule has 2 aliphatic heterocycles. The van der Waals surface area contributed by atoms with Crippen LogP contribution in [0.3, 0.4) is 0 Å². The molecule has 1 unspecified atom stereocenters. The van der Waals surface area contributed by atoms with E-state index >= 15 is 0 Å². The van der Waals surface area contributed by atoms with Gasteiger partial charge in [0.05, 0.1) is 18.1 Å². The molecule has 6 atom stereocenters. The molecule has 6 rings (SSSR count). The van der Waals surface area contributed by atoms with Crippen LogP contribution in [0.1, 0.15) is 103 Å². The van der Waals surface area contributed by atoms with E-state index in [1.165, 1.54) is 56.6 Å². The first-order valence-corrected chi connectivity index (χ1v) is 19.4. The number of likely N-dealkylation sites (N-methyl/N-ethyl adjacent to an activating group) is 1. The fourth-order valence-corrected chi connectivity index (χ4v) is 9.73. The van der Waals surface area contributed by atoms with Crippen LogP contribution in [0.2, 0.25) is 0 Å². The standard InChI is InChI=1S/C41H61N3O5/c1-4-6-12-39-29(25-45)20-30(49-39)15-13-28-14-16-38(47)40(19-28)48-26-37(43-5-2)35-21-32-33(24-42-23-27(3)46)31-10-9-11-34(31)41(17-7-8-18-41)22-36(32)44-35/h14,16,19-21,27,31,33-34,37,39,42-43,45-46,49H,4-13,15,17-18,22-26H2,1-3H3/p+1/t27-,31+,33-,34+,37-,39?/m0/s1. The number of rotatable bonds is 17. The molecule has 6 N–H and O–H groups in total. The summed E-state index contributed by atoms with van der Waals surface area (Å²) in [6, 6.07) is 5.55. The third kappa shape index (κ3) is 8.36. The molecule has 3 aliphatic carbocycles. The number of fused-ring (bicyclic) bond motifs is 3. The van der Waals surface area contributed by atoms with Crippen LogP contribution in [-0.4, -0.2) is 76.9 Å². The first-order valence-electron chi connectivity index (χ1n) is 19.4. The molecule has 0 radical (unpaired) electrons. The number of benzene rings is 1. The zero-order chi connectivity index (χ0) is 34.4. The van der Waals surface area contributed by atoms with Crippen LogP contribution >= 0.6 is 0 Å². The van der Waals surface area contributed by atoms with Gasteiger partial charge < -0.3 is 30.1 Å². The van der Waals surface area contributed by atoms with Crippen LogP contribution in [0, 0.1) is 35.2 Å². The van der Waals surface area contributed by atoms with Crippen LogP contribution in [0.15, 0.2) is 46.6 Å². The van der Waals surface area contributed by atoms with Gasteiger partial charge in [-0.2, -0.15) is 0 Å². The van der Waals surface area contributed by atoms with Crippen molar-refractivity contribution in [3.8, 4) is 11.5 Å². The highest BCUT2D eigenvalue weighted by Gasteiger charge is 2.58. The lowest BCUT2D eigenvalue weighted by Gasteiger charge is -2.37. The van der Waals surface area contributed by atoms with E-state index in [1.807, 2.05) is 19.1 Å². The Hall–Kier alpha value is -2.49. The Morgan fingerprint density at radius 3 is 2.78 bits per heavy atom. The van der Waals surface area contributed by atoms with E-state index in [2.05, 4.69) is 36.6 Å². The summed E-state index contributed by atoms with van der Waals surface area (Å²) in [5.74, 6) is 3.88. The molecule has 3 fully saturated rings. The van der Waals surface area contributed by atoms with Gasteiger partial charge in [-0.3, -0.25) is 5.32 Å². The van der Waals surface area contributed by atoms with Crippen molar-refractivity contribution in [2.24, 2.45) is 28.2 Å². The number of hydrogen-bond acceptors (Lipinski definition) is 7. The fraction of sp³-hybridized carbons (Fsp3) is 0.683. The summed E-state index contributed by atoms with van der Waals surface area (Å²) < 4.78 is 11.3. The van der Waals surface area contributed by atoms with Crippen molar-refractivity contribution in [1.29, 1.82) is 0 Å². The van der Waals surface area contributed by atoms with Gasteiger partial charge in [-0.25, -0.2) is 0 Å². The third-order valence-electron chi connectivity index (χ3n) is 12.1. The van der Waals surface area contributed by atoms with E-state index in [4.69, 9.17) is 14.5 Å². The number of aryl methyl sites for hydroxylation is 1. The van der Waals surface area contributed by atoms with Gasteiger partial charge >= 0.3 is 0 Å². The number of aliphatic hydroxyl groups is 4. The predicted molar refractivity (Wildman–Crippen MR) is 196 cm³/mol. The summed E-state index contributed by atoms with van der Waals surface area (Å²) in [5, 5.41) is 37.9. The molecule has 0 amide bonds. The van der Waals surface area contributed by atoms with Crippen molar-refractivity contribution in [3.63, 3.8) is 0 Å². The highest BCUT2D eigenvalue weighted by molar-refractivity contribution is 6.03. The molecule has 0 bridgehead atoms. The minimum atomic E-state index is -0.361. The lowest BCUT2D eigenvalue weighted by molar-refractivity contribution is -0.0550. The second-order valence-corrected chi connectivity index (χ2v) is 15.5. The molecule has 8 nitrogen and oxygen atoms in total. The van der Waals surface area contributed by atoms with Crippen molar-refractivity contribution in [1.82, 2.24) is 10.6 Å². The molecular weight excluding hydrogens is 614 g/mol.